The van der Waals surface area contributed by atoms with Gasteiger partial charge < -0.3 is 10.0 Å². The number of amides is 1. The van der Waals surface area contributed by atoms with Gasteiger partial charge in [-0.15, -0.1) is 0 Å². The van der Waals surface area contributed by atoms with Crippen LogP contribution in [0.2, 0.25) is 0 Å². The van der Waals surface area contributed by atoms with Crippen molar-refractivity contribution < 1.29 is 14.7 Å². The van der Waals surface area contributed by atoms with E-state index in [1.54, 1.807) is 12.1 Å². The average Bonchev–Trinajstić information content (AvgIpc) is 2.69. The van der Waals surface area contributed by atoms with Crippen molar-refractivity contribution in [3.05, 3.63) is 29.8 Å². The lowest BCUT2D eigenvalue weighted by Gasteiger charge is -2.25. The van der Waals surface area contributed by atoms with Gasteiger partial charge in [-0.1, -0.05) is 12.1 Å². The van der Waals surface area contributed by atoms with E-state index in [4.69, 9.17) is 5.11 Å². The van der Waals surface area contributed by atoms with Gasteiger partial charge in [-0.05, 0) is 30.5 Å². The standard InChI is InChI=1S/C13H13NO3/c15-12(16)5-8-1-3-10(4-2-8)14-11-6-9(7-11)13(14)17/h1-4,9,11H,5-7H2,(H,15,16). The Hall–Kier alpha value is -1.84. The molecule has 0 atom stereocenters. The summed E-state index contributed by atoms with van der Waals surface area (Å²) in [7, 11) is 0. The van der Waals surface area contributed by atoms with E-state index in [2.05, 4.69) is 0 Å². The van der Waals surface area contributed by atoms with Crippen LogP contribution in [0.4, 0.5) is 5.69 Å². The lowest BCUT2D eigenvalue weighted by Crippen LogP contribution is -2.29. The number of carbonyl (C=O) groups excluding carboxylic acids is 1. The van der Waals surface area contributed by atoms with Crippen molar-refractivity contribution in [3.8, 4) is 0 Å². The molecular weight excluding hydrogens is 218 g/mol. The normalized spacial score (nSPS) is 25.9. The Morgan fingerprint density at radius 3 is 2.41 bits per heavy atom. The minimum absolute atomic E-state index is 0.0281. The molecule has 0 spiro atoms. The highest BCUT2D eigenvalue weighted by molar-refractivity contribution is 6.00. The van der Waals surface area contributed by atoms with E-state index >= 15 is 0 Å². The highest BCUT2D eigenvalue weighted by atomic mass is 16.4. The molecule has 0 aromatic heterocycles. The summed E-state index contributed by atoms with van der Waals surface area (Å²) in [6.45, 7) is 0. The molecule has 4 nitrogen and oxygen atoms in total. The summed E-state index contributed by atoms with van der Waals surface area (Å²) in [6, 6.07) is 7.63. The van der Waals surface area contributed by atoms with Crippen LogP contribution in [0.15, 0.2) is 24.3 Å². The van der Waals surface area contributed by atoms with Crippen molar-refractivity contribution in [2.24, 2.45) is 5.92 Å². The molecule has 1 N–H and O–H groups in total. The summed E-state index contributed by atoms with van der Waals surface area (Å²) in [6.07, 6.45) is 1.99. The third-order valence-corrected chi connectivity index (χ3v) is 3.63. The highest BCUT2D eigenvalue weighted by Gasteiger charge is 2.50. The van der Waals surface area contributed by atoms with E-state index in [1.807, 2.05) is 17.0 Å². The monoisotopic (exact) mass is 231 g/mol. The summed E-state index contributed by atoms with van der Waals surface area (Å²) in [5.74, 6) is -0.378. The van der Waals surface area contributed by atoms with E-state index in [-0.39, 0.29) is 18.2 Å². The van der Waals surface area contributed by atoms with Crippen LogP contribution in [-0.4, -0.2) is 23.0 Å². The minimum atomic E-state index is -0.836. The molecule has 4 heteroatoms. The van der Waals surface area contributed by atoms with E-state index in [0.717, 1.165) is 24.1 Å². The van der Waals surface area contributed by atoms with Crippen LogP contribution in [0.5, 0.6) is 0 Å². The number of nitrogens with zero attached hydrogens (tertiary/aromatic N) is 1. The van der Waals surface area contributed by atoms with Gasteiger partial charge in [0.15, 0.2) is 0 Å². The first-order valence-corrected chi connectivity index (χ1v) is 5.79. The predicted octanol–water partition coefficient (Wildman–Crippen LogP) is 1.44. The molecule has 1 aromatic carbocycles. The quantitative estimate of drug-likeness (QED) is 0.856. The molecule has 4 rings (SSSR count). The second-order valence-electron chi connectivity index (χ2n) is 4.77. The third-order valence-electron chi connectivity index (χ3n) is 3.63. The molecule has 1 amide bonds. The number of fused-ring (bicyclic) bond motifs is 1. The Balaban J connectivity index is 1.80. The van der Waals surface area contributed by atoms with Gasteiger partial charge in [-0.25, -0.2) is 0 Å². The number of carboxylic acid groups (broad SMARTS) is 1. The number of carbonyl (C=O) groups is 2. The molecule has 3 fully saturated rings. The number of rotatable bonds is 3. The van der Waals surface area contributed by atoms with E-state index in [0.29, 0.717) is 6.04 Å². The number of carboxylic acids is 1. The first-order chi connectivity index (χ1) is 8.15. The largest absolute Gasteiger partial charge is 0.481 e. The van der Waals surface area contributed by atoms with Crippen LogP contribution in [0.25, 0.3) is 0 Å². The zero-order valence-corrected chi connectivity index (χ0v) is 9.30. The first-order valence-electron chi connectivity index (χ1n) is 5.79. The zero-order valence-electron chi connectivity index (χ0n) is 9.30. The van der Waals surface area contributed by atoms with Crippen molar-refractivity contribution >= 4 is 17.6 Å². The molecule has 1 aliphatic carbocycles. The second-order valence-corrected chi connectivity index (χ2v) is 4.77. The van der Waals surface area contributed by atoms with Crippen molar-refractivity contribution in [3.63, 3.8) is 0 Å². The van der Waals surface area contributed by atoms with Crippen molar-refractivity contribution in [1.82, 2.24) is 0 Å². The number of benzene rings is 1. The van der Waals surface area contributed by atoms with Crippen molar-refractivity contribution in [2.45, 2.75) is 25.3 Å². The van der Waals surface area contributed by atoms with E-state index in [9.17, 15) is 9.59 Å². The summed E-state index contributed by atoms with van der Waals surface area (Å²) < 4.78 is 0. The van der Waals surface area contributed by atoms with Gasteiger partial charge in [0, 0.05) is 17.6 Å². The molecule has 2 heterocycles. The molecule has 0 unspecified atom stereocenters. The fraction of sp³-hybridized carbons (Fsp3) is 0.385. The van der Waals surface area contributed by atoms with Crippen LogP contribution < -0.4 is 4.90 Å². The number of hydrogen-bond acceptors (Lipinski definition) is 2. The van der Waals surface area contributed by atoms with Crippen LogP contribution >= 0.6 is 0 Å². The topological polar surface area (TPSA) is 57.6 Å². The maximum atomic E-state index is 11.8. The van der Waals surface area contributed by atoms with Crippen molar-refractivity contribution in [2.75, 3.05) is 4.90 Å². The molecule has 1 aromatic rings. The van der Waals surface area contributed by atoms with Gasteiger partial charge in [-0.2, -0.15) is 0 Å². The summed E-state index contributed by atoms with van der Waals surface area (Å²) in [5.41, 5.74) is 1.66. The van der Waals surface area contributed by atoms with Gasteiger partial charge in [0.2, 0.25) is 5.91 Å². The van der Waals surface area contributed by atoms with Gasteiger partial charge in [0.1, 0.15) is 0 Å². The van der Waals surface area contributed by atoms with Gasteiger partial charge in [0.25, 0.3) is 0 Å². The summed E-state index contributed by atoms with van der Waals surface area (Å²) in [5, 5.41) is 8.67. The maximum absolute atomic E-state index is 11.8. The van der Waals surface area contributed by atoms with Crippen LogP contribution in [-0.2, 0) is 16.0 Å². The molecule has 2 aliphatic heterocycles. The van der Waals surface area contributed by atoms with E-state index in [1.165, 1.54) is 0 Å². The Morgan fingerprint density at radius 1 is 1.29 bits per heavy atom. The van der Waals surface area contributed by atoms with Crippen LogP contribution in [0.1, 0.15) is 18.4 Å². The SMILES string of the molecule is O=C(O)Cc1ccc(N2C(=O)C3CC2C3)cc1. The molecule has 3 aliphatic rings. The van der Waals surface area contributed by atoms with E-state index < -0.39 is 5.97 Å². The maximum Gasteiger partial charge on any atom is 0.307 e. The second kappa shape index (κ2) is 3.58. The third kappa shape index (κ3) is 1.60. The Labute approximate surface area is 98.9 Å². The number of aliphatic carboxylic acids is 1. The Bertz CT molecular complexity index is 474. The van der Waals surface area contributed by atoms with Crippen LogP contribution in [0.3, 0.4) is 0 Å². The predicted molar refractivity (Wildman–Crippen MR) is 61.8 cm³/mol. The zero-order chi connectivity index (χ0) is 12.0. The van der Waals surface area contributed by atoms with Crippen molar-refractivity contribution in [1.29, 1.82) is 0 Å². The molecule has 1 saturated carbocycles. The highest BCUT2D eigenvalue weighted by Crippen LogP contribution is 2.44. The molecular formula is C13H13NO3. The fourth-order valence-corrected chi connectivity index (χ4v) is 2.66. The summed E-state index contributed by atoms with van der Waals surface area (Å²) in [4.78, 5) is 24.3. The lowest BCUT2D eigenvalue weighted by atomic mass is 9.86. The van der Waals surface area contributed by atoms with Gasteiger partial charge in [0.05, 0.1) is 6.42 Å². The average molecular weight is 231 g/mol. The molecule has 17 heavy (non-hydrogen) atoms. The summed E-state index contributed by atoms with van der Waals surface area (Å²) >= 11 is 0. The smallest absolute Gasteiger partial charge is 0.307 e. The fourth-order valence-electron chi connectivity index (χ4n) is 2.66. The number of anilines is 1. The first kappa shape index (κ1) is 10.3. The molecule has 2 saturated heterocycles. The Morgan fingerprint density at radius 2 is 1.94 bits per heavy atom. The minimum Gasteiger partial charge on any atom is -0.481 e. The number of hydrogen-bond donors (Lipinski definition) is 1. The molecule has 0 radical (unpaired) electrons. The molecule has 88 valence electrons. The Kier molecular flexibility index (Phi) is 2.18. The van der Waals surface area contributed by atoms with Gasteiger partial charge >= 0.3 is 5.97 Å². The molecule has 2 bridgehead atoms. The van der Waals surface area contributed by atoms with Gasteiger partial charge in [-0.3, -0.25) is 9.59 Å². The van der Waals surface area contributed by atoms with Crippen LogP contribution in [0, 0.1) is 5.92 Å². The lowest BCUT2D eigenvalue weighted by molar-refractivity contribution is -0.136.